The summed E-state index contributed by atoms with van der Waals surface area (Å²) in [6.07, 6.45) is -1.77. The van der Waals surface area contributed by atoms with Gasteiger partial charge in [0.25, 0.3) is 0 Å². The summed E-state index contributed by atoms with van der Waals surface area (Å²) in [5.41, 5.74) is -0.479. The smallest absolute Gasteiger partial charge is 0.352 e. The lowest BCUT2D eigenvalue weighted by Gasteiger charge is -2.35. The molecule has 1 fully saturated rings. The minimum absolute atomic E-state index is 0.0611. The molecule has 0 spiro atoms. The van der Waals surface area contributed by atoms with Gasteiger partial charge in [0.05, 0.1) is 5.56 Å². The number of alkyl halides is 3. The van der Waals surface area contributed by atoms with Crippen LogP contribution in [0.5, 0.6) is 0 Å². The van der Waals surface area contributed by atoms with Crippen molar-refractivity contribution in [3.05, 3.63) is 41.9 Å². The van der Waals surface area contributed by atoms with Crippen molar-refractivity contribution in [1.29, 1.82) is 5.26 Å². The van der Waals surface area contributed by atoms with Crippen LogP contribution in [0.4, 0.5) is 24.9 Å². The van der Waals surface area contributed by atoms with E-state index < -0.39 is 11.9 Å². The van der Waals surface area contributed by atoms with Gasteiger partial charge < -0.3 is 9.80 Å². The molecule has 3 heterocycles. The lowest BCUT2D eigenvalue weighted by molar-refractivity contribution is -0.141. The van der Waals surface area contributed by atoms with Crippen LogP contribution in [-0.2, 0) is 6.18 Å². The Morgan fingerprint density at radius 1 is 1.00 bits per heavy atom. The van der Waals surface area contributed by atoms with Gasteiger partial charge in [0.15, 0.2) is 0 Å². The average Bonchev–Trinajstić information content (AvgIpc) is 2.61. The van der Waals surface area contributed by atoms with Crippen LogP contribution in [-0.4, -0.2) is 41.1 Å². The predicted octanol–water partition coefficient (Wildman–Crippen LogP) is 2.09. The Balaban J connectivity index is 1.73. The topological polar surface area (TPSA) is 68.9 Å². The monoisotopic (exact) mass is 334 g/mol. The first-order valence-electron chi connectivity index (χ1n) is 7.24. The minimum atomic E-state index is -4.49. The van der Waals surface area contributed by atoms with E-state index >= 15 is 0 Å². The number of nitrogens with zero attached hydrogens (tertiary/aromatic N) is 6. The summed E-state index contributed by atoms with van der Waals surface area (Å²) >= 11 is 0. The highest BCUT2D eigenvalue weighted by Gasteiger charge is 2.33. The largest absolute Gasteiger partial charge is 0.433 e. The summed E-state index contributed by atoms with van der Waals surface area (Å²) in [7, 11) is 0. The van der Waals surface area contributed by atoms with Crippen LogP contribution in [0.3, 0.4) is 0 Å². The lowest BCUT2D eigenvalue weighted by atomic mass is 10.2. The van der Waals surface area contributed by atoms with Crippen LogP contribution in [0.15, 0.2) is 30.6 Å². The predicted molar refractivity (Wildman–Crippen MR) is 80.4 cm³/mol. The van der Waals surface area contributed by atoms with E-state index in [1.165, 1.54) is 0 Å². The number of anilines is 2. The third-order valence-corrected chi connectivity index (χ3v) is 3.70. The van der Waals surface area contributed by atoms with E-state index in [-0.39, 0.29) is 5.95 Å². The molecule has 2 aromatic rings. The minimum Gasteiger partial charge on any atom is -0.352 e. The highest BCUT2D eigenvalue weighted by Crippen LogP contribution is 2.28. The first kappa shape index (κ1) is 16.0. The van der Waals surface area contributed by atoms with Crippen molar-refractivity contribution in [3.63, 3.8) is 0 Å². The van der Waals surface area contributed by atoms with Gasteiger partial charge in [-0.3, -0.25) is 0 Å². The second-order valence-corrected chi connectivity index (χ2v) is 5.20. The number of rotatable bonds is 2. The van der Waals surface area contributed by atoms with Crippen LogP contribution in [0.25, 0.3) is 0 Å². The van der Waals surface area contributed by atoms with E-state index in [1.54, 1.807) is 23.2 Å². The van der Waals surface area contributed by atoms with E-state index in [0.29, 0.717) is 37.6 Å². The zero-order valence-electron chi connectivity index (χ0n) is 12.5. The zero-order chi connectivity index (χ0) is 17.2. The highest BCUT2D eigenvalue weighted by atomic mass is 19.4. The van der Waals surface area contributed by atoms with Gasteiger partial charge in [0.1, 0.15) is 17.6 Å². The molecule has 6 nitrogen and oxygen atoms in total. The number of piperazine rings is 1. The number of hydrogen-bond acceptors (Lipinski definition) is 6. The van der Waals surface area contributed by atoms with Crippen LogP contribution in [0, 0.1) is 11.3 Å². The van der Waals surface area contributed by atoms with Crippen LogP contribution in [0.2, 0.25) is 0 Å². The van der Waals surface area contributed by atoms with Gasteiger partial charge in [-0.2, -0.15) is 18.4 Å². The fraction of sp³-hybridized carbons (Fsp3) is 0.333. The molecule has 0 atom stereocenters. The molecule has 0 radical (unpaired) electrons. The van der Waals surface area contributed by atoms with Crippen molar-refractivity contribution >= 4 is 11.8 Å². The Morgan fingerprint density at radius 2 is 1.71 bits per heavy atom. The van der Waals surface area contributed by atoms with Crippen LogP contribution >= 0.6 is 0 Å². The SMILES string of the molecule is N#Cc1cccnc1N1CCN(c2nccc(C(F)(F)F)n2)CC1. The number of halogens is 3. The molecular formula is C15H13F3N6. The number of pyridine rings is 1. The maximum atomic E-state index is 12.7. The summed E-state index contributed by atoms with van der Waals surface area (Å²) in [6, 6.07) is 6.32. The third-order valence-electron chi connectivity index (χ3n) is 3.70. The number of aromatic nitrogens is 3. The van der Waals surface area contributed by atoms with Gasteiger partial charge in [-0.1, -0.05) is 0 Å². The van der Waals surface area contributed by atoms with Gasteiger partial charge in [-0.25, -0.2) is 15.0 Å². The van der Waals surface area contributed by atoms with E-state index in [1.807, 2.05) is 4.90 Å². The van der Waals surface area contributed by atoms with Crippen molar-refractivity contribution in [3.8, 4) is 6.07 Å². The Labute approximate surface area is 136 Å². The molecule has 0 aliphatic carbocycles. The Morgan fingerprint density at radius 3 is 2.38 bits per heavy atom. The second-order valence-electron chi connectivity index (χ2n) is 5.20. The molecule has 3 rings (SSSR count). The van der Waals surface area contributed by atoms with E-state index in [4.69, 9.17) is 5.26 Å². The summed E-state index contributed by atoms with van der Waals surface area (Å²) in [4.78, 5) is 15.4. The second kappa shape index (κ2) is 6.31. The molecule has 2 aromatic heterocycles. The molecule has 0 amide bonds. The lowest BCUT2D eigenvalue weighted by Crippen LogP contribution is -2.47. The zero-order valence-corrected chi connectivity index (χ0v) is 12.5. The van der Waals surface area contributed by atoms with Crippen LogP contribution in [0.1, 0.15) is 11.3 Å². The Kier molecular flexibility index (Phi) is 4.20. The van der Waals surface area contributed by atoms with Crippen molar-refractivity contribution in [2.24, 2.45) is 0 Å². The molecule has 1 aliphatic heterocycles. The van der Waals surface area contributed by atoms with Crippen molar-refractivity contribution in [2.45, 2.75) is 6.18 Å². The Bertz CT molecular complexity index is 762. The van der Waals surface area contributed by atoms with E-state index in [0.717, 1.165) is 12.3 Å². The van der Waals surface area contributed by atoms with Crippen molar-refractivity contribution in [2.75, 3.05) is 36.0 Å². The first-order chi connectivity index (χ1) is 11.5. The van der Waals surface area contributed by atoms with Gasteiger partial charge >= 0.3 is 6.18 Å². The Hall–Kier alpha value is -2.89. The summed E-state index contributed by atoms with van der Waals surface area (Å²) in [5.74, 6) is 0.649. The molecule has 0 aromatic carbocycles. The average molecular weight is 334 g/mol. The first-order valence-corrected chi connectivity index (χ1v) is 7.24. The fourth-order valence-corrected chi connectivity index (χ4v) is 2.51. The maximum absolute atomic E-state index is 12.7. The van der Waals surface area contributed by atoms with E-state index in [9.17, 15) is 13.2 Å². The molecule has 0 unspecified atom stereocenters. The fourth-order valence-electron chi connectivity index (χ4n) is 2.51. The van der Waals surface area contributed by atoms with Crippen LogP contribution < -0.4 is 9.80 Å². The maximum Gasteiger partial charge on any atom is 0.433 e. The third kappa shape index (κ3) is 3.22. The number of hydrogen-bond donors (Lipinski definition) is 0. The molecule has 1 saturated heterocycles. The van der Waals surface area contributed by atoms with Gasteiger partial charge in [0.2, 0.25) is 5.95 Å². The summed E-state index contributed by atoms with van der Waals surface area (Å²) in [5, 5.41) is 9.13. The number of nitriles is 1. The quantitative estimate of drug-likeness (QED) is 0.838. The molecule has 9 heteroatoms. The molecule has 0 bridgehead atoms. The van der Waals surface area contributed by atoms with E-state index in [2.05, 4.69) is 21.0 Å². The molecular weight excluding hydrogens is 321 g/mol. The standard InChI is InChI=1S/C15H13F3N6/c16-15(17,18)12-3-5-21-14(22-12)24-8-6-23(7-9-24)13-11(10-19)2-1-4-20-13/h1-5H,6-9H2. The highest BCUT2D eigenvalue weighted by molar-refractivity contribution is 5.54. The normalized spacial score (nSPS) is 15.2. The van der Waals surface area contributed by atoms with Crippen molar-refractivity contribution in [1.82, 2.24) is 15.0 Å². The molecule has 0 saturated carbocycles. The van der Waals surface area contributed by atoms with Crippen molar-refractivity contribution < 1.29 is 13.2 Å². The van der Waals surface area contributed by atoms with Gasteiger partial charge in [0, 0.05) is 38.6 Å². The molecule has 124 valence electrons. The van der Waals surface area contributed by atoms with Gasteiger partial charge in [-0.05, 0) is 18.2 Å². The molecule has 24 heavy (non-hydrogen) atoms. The summed E-state index contributed by atoms with van der Waals surface area (Å²) < 4.78 is 38.2. The summed E-state index contributed by atoms with van der Waals surface area (Å²) in [6.45, 7) is 1.93. The molecule has 0 N–H and O–H groups in total. The molecule has 1 aliphatic rings. The van der Waals surface area contributed by atoms with Gasteiger partial charge in [-0.15, -0.1) is 0 Å².